The van der Waals surface area contributed by atoms with Crippen LogP contribution in [0.5, 0.6) is 0 Å². The van der Waals surface area contributed by atoms with Crippen LogP contribution in [0.25, 0.3) is 11.0 Å². The lowest BCUT2D eigenvalue weighted by Crippen LogP contribution is -2.08. The highest BCUT2D eigenvalue weighted by atomic mass is 35.5. The van der Waals surface area contributed by atoms with Crippen LogP contribution < -0.4 is 0 Å². The van der Waals surface area contributed by atoms with Crippen molar-refractivity contribution in [2.45, 2.75) is 12.4 Å². The van der Waals surface area contributed by atoms with Crippen LogP contribution in [0.2, 0.25) is 10.0 Å². The molecule has 0 aliphatic heterocycles. The highest BCUT2D eigenvalue weighted by Gasteiger charge is 2.13. The fraction of sp³-hybridized carbons (Fsp3) is 0.231. The Morgan fingerprint density at radius 2 is 1.95 bits per heavy atom. The summed E-state index contributed by atoms with van der Waals surface area (Å²) < 4.78 is 3.85. The van der Waals surface area contributed by atoms with E-state index < -0.39 is 0 Å². The number of hydrogen-bond acceptors (Lipinski definition) is 2. The van der Waals surface area contributed by atoms with E-state index in [1.54, 1.807) is 12.3 Å². The molecule has 0 atom stereocenters. The zero-order chi connectivity index (χ0) is 14.3. The second-order valence-electron chi connectivity index (χ2n) is 4.45. The third kappa shape index (κ3) is 2.28. The van der Waals surface area contributed by atoms with Gasteiger partial charge in [0.2, 0.25) is 0 Å². The molecule has 0 unspecified atom stereocenters. The third-order valence-electron chi connectivity index (χ3n) is 3.23. The average molecular weight is 330 g/mol. The summed E-state index contributed by atoms with van der Waals surface area (Å²) in [5.74, 6) is 1.10. The van der Waals surface area contributed by atoms with E-state index in [2.05, 4.69) is 10.1 Å². The highest BCUT2D eigenvalue weighted by Crippen LogP contribution is 2.29. The van der Waals surface area contributed by atoms with Gasteiger partial charge in [0.05, 0.1) is 39.2 Å². The van der Waals surface area contributed by atoms with Gasteiger partial charge in [0.15, 0.2) is 0 Å². The summed E-state index contributed by atoms with van der Waals surface area (Å²) in [5, 5.41) is 5.16. The van der Waals surface area contributed by atoms with Crippen molar-refractivity contribution in [3.05, 3.63) is 46.0 Å². The molecule has 20 heavy (non-hydrogen) atoms. The van der Waals surface area contributed by atoms with Crippen molar-refractivity contribution in [2.24, 2.45) is 7.05 Å². The van der Waals surface area contributed by atoms with Gasteiger partial charge in [0, 0.05) is 13.2 Å². The second-order valence-corrected chi connectivity index (χ2v) is 5.53. The summed E-state index contributed by atoms with van der Waals surface area (Å²) in [6, 6.07) is 5.54. The molecule has 0 saturated heterocycles. The van der Waals surface area contributed by atoms with Crippen LogP contribution >= 0.6 is 34.8 Å². The van der Waals surface area contributed by atoms with E-state index in [0.717, 1.165) is 22.6 Å². The topological polar surface area (TPSA) is 35.6 Å². The summed E-state index contributed by atoms with van der Waals surface area (Å²) >= 11 is 18.1. The number of aryl methyl sites for hydroxylation is 1. The van der Waals surface area contributed by atoms with Crippen LogP contribution in [0.4, 0.5) is 0 Å². The Morgan fingerprint density at radius 3 is 2.60 bits per heavy atom. The first-order chi connectivity index (χ1) is 9.60. The molecular formula is C13H11Cl3N4. The molecule has 1 aromatic carbocycles. The minimum absolute atomic E-state index is 0.321. The Bertz CT molecular complexity index is 775. The molecule has 0 saturated carbocycles. The van der Waals surface area contributed by atoms with Gasteiger partial charge >= 0.3 is 0 Å². The maximum atomic E-state index is 6.10. The van der Waals surface area contributed by atoms with Gasteiger partial charge in [-0.15, -0.1) is 11.6 Å². The standard InChI is InChI=1S/C13H11Cl3N4/c1-19-8(2-3-17-19)7-20-12-5-10(16)9(15)4-11(12)18-13(20)6-14/h2-5H,6-7H2,1H3. The summed E-state index contributed by atoms with van der Waals surface area (Å²) in [6.07, 6.45) is 1.76. The molecule has 0 amide bonds. The Hall–Kier alpha value is -1.23. The van der Waals surface area contributed by atoms with Crippen LogP contribution in [-0.2, 0) is 19.5 Å². The van der Waals surface area contributed by atoms with E-state index in [4.69, 9.17) is 34.8 Å². The largest absolute Gasteiger partial charge is 0.321 e. The van der Waals surface area contributed by atoms with E-state index in [0.29, 0.717) is 22.5 Å². The number of alkyl halides is 1. The summed E-state index contributed by atoms with van der Waals surface area (Å²) in [4.78, 5) is 4.50. The smallest absolute Gasteiger partial charge is 0.125 e. The summed E-state index contributed by atoms with van der Waals surface area (Å²) in [7, 11) is 1.90. The first kappa shape index (κ1) is 13.7. The maximum absolute atomic E-state index is 6.10. The molecule has 0 N–H and O–H groups in total. The second kappa shape index (κ2) is 5.28. The fourth-order valence-electron chi connectivity index (χ4n) is 2.17. The van der Waals surface area contributed by atoms with Gasteiger partial charge in [-0.2, -0.15) is 5.10 Å². The number of nitrogens with zero attached hydrogens (tertiary/aromatic N) is 4. The molecule has 3 aromatic rings. The van der Waals surface area contributed by atoms with Crippen LogP contribution in [-0.4, -0.2) is 19.3 Å². The number of hydrogen-bond donors (Lipinski definition) is 0. The maximum Gasteiger partial charge on any atom is 0.125 e. The monoisotopic (exact) mass is 328 g/mol. The van der Waals surface area contributed by atoms with E-state index in [9.17, 15) is 0 Å². The molecule has 2 heterocycles. The van der Waals surface area contributed by atoms with Gasteiger partial charge in [0.1, 0.15) is 5.82 Å². The van der Waals surface area contributed by atoms with Crippen molar-refractivity contribution in [3.63, 3.8) is 0 Å². The molecule has 2 aromatic heterocycles. The summed E-state index contributed by atoms with van der Waals surface area (Å²) in [6.45, 7) is 0.632. The molecule has 0 spiro atoms. The van der Waals surface area contributed by atoms with E-state index in [-0.39, 0.29) is 0 Å². The fourth-order valence-corrected chi connectivity index (χ4v) is 2.69. The number of fused-ring (bicyclic) bond motifs is 1. The SMILES string of the molecule is Cn1nccc1Cn1c(CCl)nc2cc(Cl)c(Cl)cc21. The third-order valence-corrected chi connectivity index (χ3v) is 4.19. The normalized spacial score (nSPS) is 11.4. The Balaban J connectivity index is 2.17. The zero-order valence-electron chi connectivity index (χ0n) is 10.6. The molecule has 0 aliphatic carbocycles. The van der Waals surface area contributed by atoms with Crippen molar-refractivity contribution in [2.75, 3.05) is 0 Å². The van der Waals surface area contributed by atoms with Gasteiger partial charge in [0.25, 0.3) is 0 Å². The first-order valence-electron chi connectivity index (χ1n) is 5.97. The lowest BCUT2D eigenvalue weighted by molar-refractivity contribution is 0.663. The molecule has 0 fully saturated rings. The Morgan fingerprint density at radius 1 is 1.20 bits per heavy atom. The molecule has 0 bridgehead atoms. The molecule has 0 aliphatic rings. The lowest BCUT2D eigenvalue weighted by atomic mass is 10.3. The van der Waals surface area contributed by atoms with Crippen molar-refractivity contribution < 1.29 is 0 Å². The van der Waals surface area contributed by atoms with Gasteiger partial charge in [-0.05, 0) is 18.2 Å². The molecule has 104 valence electrons. The average Bonchev–Trinajstić information content (AvgIpc) is 2.96. The van der Waals surface area contributed by atoms with Gasteiger partial charge in [-0.25, -0.2) is 4.98 Å². The number of imidazole rings is 1. The van der Waals surface area contributed by atoms with Crippen molar-refractivity contribution >= 4 is 45.8 Å². The van der Waals surface area contributed by atoms with Crippen molar-refractivity contribution in [1.82, 2.24) is 19.3 Å². The minimum Gasteiger partial charge on any atom is -0.321 e. The lowest BCUT2D eigenvalue weighted by Gasteiger charge is -2.08. The van der Waals surface area contributed by atoms with Crippen molar-refractivity contribution in [1.29, 1.82) is 0 Å². The van der Waals surface area contributed by atoms with Crippen LogP contribution in [0.1, 0.15) is 11.5 Å². The molecule has 4 nitrogen and oxygen atoms in total. The number of aromatic nitrogens is 4. The number of halogens is 3. The molecule has 3 rings (SSSR count). The van der Waals surface area contributed by atoms with Crippen LogP contribution in [0.3, 0.4) is 0 Å². The predicted octanol–water partition coefficient (Wildman–Crippen LogP) is 3.86. The Kier molecular flexibility index (Phi) is 3.63. The van der Waals surface area contributed by atoms with Crippen LogP contribution in [0, 0.1) is 0 Å². The van der Waals surface area contributed by atoms with Gasteiger partial charge in [-0.1, -0.05) is 23.2 Å². The van der Waals surface area contributed by atoms with Gasteiger partial charge < -0.3 is 4.57 Å². The minimum atomic E-state index is 0.321. The van der Waals surface area contributed by atoms with E-state index >= 15 is 0 Å². The van der Waals surface area contributed by atoms with E-state index in [1.807, 2.05) is 28.4 Å². The van der Waals surface area contributed by atoms with E-state index in [1.165, 1.54) is 0 Å². The first-order valence-corrected chi connectivity index (χ1v) is 7.26. The quantitative estimate of drug-likeness (QED) is 0.684. The highest BCUT2D eigenvalue weighted by molar-refractivity contribution is 6.42. The Labute approximate surface area is 130 Å². The molecule has 7 heteroatoms. The molecular weight excluding hydrogens is 319 g/mol. The molecule has 0 radical (unpaired) electrons. The number of benzene rings is 1. The number of rotatable bonds is 3. The van der Waals surface area contributed by atoms with Crippen LogP contribution in [0.15, 0.2) is 24.4 Å². The van der Waals surface area contributed by atoms with Crippen molar-refractivity contribution in [3.8, 4) is 0 Å². The van der Waals surface area contributed by atoms with Gasteiger partial charge in [-0.3, -0.25) is 4.68 Å². The summed E-state index contributed by atoms with van der Waals surface area (Å²) in [5.41, 5.74) is 2.76. The predicted molar refractivity (Wildman–Crippen MR) is 81.6 cm³/mol. The zero-order valence-corrected chi connectivity index (χ0v) is 12.9.